The molecule has 0 aromatic heterocycles. The Bertz CT molecular complexity index is 1580. The molecule has 6 atom stereocenters. The predicted octanol–water partition coefficient (Wildman–Crippen LogP) is 4.32. The molecule has 3 unspecified atom stereocenters. The number of carbonyl (C=O) groups excluding carboxylic acids is 3. The first kappa shape index (κ1) is 29.3. The molecule has 1 spiro atoms. The van der Waals surface area contributed by atoms with E-state index >= 15 is 0 Å². The minimum Gasteiger partial charge on any atom is -0.395 e. The molecule has 3 saturated heterocycles. The molecule has 3 fully saturated rings. The minimum absolute atomic E-state index is 0.0515. The summed E-state index contributed by atoms with van der Waals surface area (Å²) in [6.07, 6.45) is 3.08. The first-order valence-corrected chi connectivity index (χ1v) is 15.4. The molecule has 0 radical (unpaired) electrons. The highest BCUT2D eigenvalue weighted by molar-refractivity contribution is 9.09. The lowest BCUT2D eigenvalue weighted by atomic mass is 9.70. The number of amides is 3. The third kappa shape index (κ3) is 4.70. The van der Waals surface area contributed by atoms with Crippen molar-refractivity contribution in [3.8, 4) is 0 Å². The van der Waals surface area contributed by atoms with Crippen molar-refractivity contribution in [2.45, 2.75) is 29.0 Å². The standard InChI is InChI=1S/C34H34BrN3O5/c1-3-16-36(24-12-6-5-7-13-24)31(40)27-28-32(41)38(18-19-39)30(34(28)21-26(35)29(27)43-34)33(42)37(17-4-2)25-15-14-22-10-8-9-11-23(22)20-25/h3-15,20,26-30,39H,1-2,16-19,21H2/t26?,27-,28-,29-,30?,34?/m0/s1. The van der Waals surface area contributed by atoms with Gasteiger partial charge in [-0.05, 0) is 41.5 Å². The minimum atomic E-state index is -1.24. The molecule has 222 valence electrons. The summed E-state index contributed by atoms with van der Waals surface area (Å²) in [6, 6.07) is 21.9. The van der Waals surface area contributed by atoms with Gasteiger partial charge in [-0.3, -0.25) is 14.4 Å². The van der Waals surface area contributed by atoms with E-state index in [0.717, 1.165) is 10.8 Å². The number of benzene rings is 3. The molecular formula is C34H34BrN3O5. The third-order valence-electron chi connectivity index (χ3n) is 8.92. The van der Waals surface area contributed by atoms with Crippen LogP contribution >= 0.6 is 15.9 Å². The summed E-state index contributed by atoms with van der Waals surface area (Å²) < 4.78 is 6.67. The van der Waals surface area contributed by atoms with Crippen molar-refractivity contribution < 1.29 is 24.2 Å². The SMILES string of the molecule is C=CCN(C(=O)C1N(CCO)C(=O)[C@@H]2[C@H](C(=O)N(CC=C)c3ccccc3)[C@H]3OC12CC3Br)c1ccc2ccccc2c1. The summed E-state index contributed by atoms with van der Waals surface area (Å²) >= 11 is 3.74. The van der Waals surface area contributed by atoms with E-state index in [2.05, 4.69) is 29.1 Å². The number of carbonyl (C=O) groups is 3. The van der Waals surface area contributed by atoms with Crippen molar-refractivity contribution in [2.75, 3.05) is 36.0 Å². The van der Waals surface area contributed by atoms with Gasteiger partial charge in [0.2, 0.25) is 11.8 Å². The van der Waals surface area contributed by atoms with Gasteiger partial charge in [-0.15, -0.1) is 13.2 Å². The second-order valence-corrected chi connectivity index (χ2v) is 12.4. The number of hydrogen-bond acceptors (Lipinski definition) is 5. The highest BCUT2D eigenvalue weighted by Gasteiger charge is 2.77. The smallest absolute Gasteiger partial charge is 0.253 e. The van der Waals surface area contributed by atoms with Crippen LogP contribution in [0.25, 0.3) is 10.8 Å². The molecule has 3 heterocycles. The summed E-state index contributed by atoms with van der Waals surface area (Å²) in [5.41, 5.74) is 0.112. The number of hydrogen-bond donors (Lipinski definition) is 1. The van der Waals surface area contributed by atoms with Crippen LogP contribution in [0.2, 0.25) is 0 Å². The fourth-order valence-corrected chi connectivity index (χ4v) is 8.17. The van der Waals surface area contributed by atoms with Crippen LogP contribution in [0.5, 0.6) is 0 Å². The lowest BCUT2D eigenvalue weighted by Gasteiger charge is -2.37. The van der Waals surface area contributed by atoms with Gasteiger partial charge >= 0.3 is 0 Å². The number of β-amino-alcohol motifs (C(OH)–C–C–N with tert-alkyl or cyclic N) is 1. The van der Waals surface area contributed by atoms with Crippen LogP contribution < -0.4 is 9.80 Å². The zero-order valence-electron chi connectivity index (χ0n) is 23.7. The van der Waals surface area contributed by atoms with Crippen molar-refractivity contribution in [1.82, 2.24) is 4.90 Å². The van der Waals surface area contributed by atoms with E-state index in [1.54, 1.807) is 22.0 Å². The van der Waals surface area contributed by atoms with Crippen molar-refractivity contribution in [1.29, 1.82) is 0 Å². The monoisotopic (exact) mass is 643 g/mol. The molecule has 43 heavy (non-hydrogen) atoms. The average molecular weight is 645 g/mol. The fraction of sp³-hybridized carbons (Fsp3) is 0.324. The summed E-state index contributed by atoms with van der Waals surface area (Å²) in [5.74, 6) is -2.64. The first-order chi connectivity index (χ1) is 20.9. The lowest BCUT2D eigenvalue weighted by molar-refractivity contribution is -0.141. The number of para-hydroxylation sites is 1. The summed E-state index contributed by atoms with van der Waals surface area (Å²) in [4.78, 5) is 47.6. The van der Waals surface area contributed by atoms with E-state index in [1.807, 2.05) is 72.8 Å². The highest BCUT2D eigenvalue weighted by Crippen LogP contribution is 2.60. The largest absolute Gasteiger partial charge is 0.395 e. The molecule has 0 saturated carbocycles. The number of fused-ring (bicyclic) bond motifs is 2. The number of anilines is 2. The third-order valence-corrected chi connectivity index (χ3v) is 9.76. The Morgan fingerprint density at radius 3 is 2.28 bits per heavy atom. The van der Waals surface area contributed by atoms with Crippen molar-refractivity contribution >= 4 is 55.8 Å². The molecule has 3 amide bonds. The molecule has 3 aromatic carbocycles. The number of halogens is 1. The molecule has 3 aliphatic rings. The second kappa shape index (κ2) is 11.7. The molecule has 1 N–H and O–H groups in total. The Kier molecular flexibility index (Phi) is 7.98. The van der Waals surface area contributed by atoms with Crippen LogP contribution in [-0.2, 0) is 19.1 Å². The molecule has 8 nitrogen and oxygen atoms in total. The van der Waals surface area contributed by atoms with Crippen LogP contribution in [0.3, 0.4) is 0 Å². The zero-order valence-corrected chi connectivity index (χ0v) is 25.3. The van der Waals surface area contributed by atoms with Crippen LogP contribution in [0.4, 0.5) is 11.4 Å². The summed E-state index contributed by atoms with van der Waals surface area (Å²) in [5, 5.41) is 12.0. The fourth-order valence-electron chi connectivity index (χ4n) is 7.22. The molecule has 2 bridgehead atoms. The maximum atomic E-state index is 14.7. The van der Waals surface area contributed by atoms with E-state index < -0.39 is 29.6 Å². The van der Waals surface area contributed by atoms with Crippen LogP contribution in [0.15, 0.2) is 98.1 Å². The summed E-state index contributed by atoms with van der Waals surface area (Å²) in [6.45, 7) is 7.80. The van der Waals surface area contributed by atoms with E-state index in [1.165, 1.54) is 4.90 Å². The van der Waals surface area contributed by atoms with Crippen molar-refractivity contribution in [3.63, 3.8) is 0 Å². The molecule has 6 rings (SSSR count). The van der Waals surface area contributed by atoms with Gasteiger partial charge in [-0.1, -0.05) is 76.6 Å². The molecule has 9 heteroatoms. The molecule has 0 aliphatic carbocycles. The van der Waals surface area contributed by atoms with Gasteiger partial charge in [0, 0.05) is 35.8 Å². The number of aliphatic hydroxyl groups excluding tert-OH is 1. The topological polar surface area (TPSA) is 90.4 Å². The van der Waals surface area contributed by atoms with Gasteiger partial charge in [0.15, 0.2) is 0 Å². The van der Waals surface area contributed by atoms with E-state index in [0.29, 0.717) is 17.8 Å². The lowest BCUT2D eigenvalue weighted by Crippen LogP contribution is -2.57. The van der Waals surface area contributed by atoms with Gasteiger partial charge in [-0.25, -0.2) is 0 Å². The Morgan fingerprint density at radius 1 is 0.953 bits per heavy atom. The zero-order chi connectivity index (χ0) is 30.3. The molecular weight excluding hydrogens is 610 g/mol. The Hall–Kier alpha value is -3.79. The summed E-state index contributed by atoms with van der Waals surface area (Å²) in [7, 11) is 0. The normalized spacial score (nSPS) is 27.3. The first-order valence-electron chi connectivity index (χ1n) is 14.5. The molecule has 3 aliphatic heterocycles. The number of nitrogens with zero attached hydrogens (tertiary/aromatic N) is 3. The Morgan fingerprint density at radius 2 is 1.60 bits per heavy atom. The van der Waals surface area contributed by atoms with Gasteiger partial charge in [0.1, 0.15) is 11.6 Å². The number of likely N-dealkylation sites (tertiary alicyclic amines) is 1. The van der Waals surface area contributed by atoms with Crippen LogP contribution in [0, 0.1) is 11.8 Å². The number of ether oxygens (including phenoxy) is 1. The quantitative estimate of drug-likeness (QED) is 0.263. The predicted molar refractivity (Wildman–Crippen MR) is 170 cm³/mol. The Labute approximate surface area is 259 Å². The van der Waals surface area contributed by atoms with Gasteiger partial charge in [-0.2, -0.15) is 0 Å². The van der Waals surface area contributed by atoms with Crippen molar-refractivity contribution in [2.24, 2.45) is 11.8 Å². The van der Waals surface area contributed by atoms with Gasteiger partial charge in [0.05, 0.1) is 24.5 Å². The molecule has 3 aromatic rings. The van der Waals surface area contributed by atoms with Gasteiger partial charge in [0.25, 0.3) is 5.91 Å². The maximum absolute atomic E-state index is 14.7. The maximum Gasteiger partial charge on any atom is 0.253 e. The number of aliphatic hydroxyl groups is 1. The average Bonchev–Trinajstić information content (AvgIpc) is 3.61. The second-order valence-electron chi connectivity index (χ2n) is 11.3. The van der Waals surface area contributed by atoms with E-state index in [-0.39, 0.29) is 48.8 Å². The number of alkyl halides is 1. The van der Waals surface area contributed by atoms with Crippen LogP contribution in [-0.4, -0.2) is 76.5 Å². The van der Waals surface area contributed by atoms with E-state index in [4.69, 9.17) is 4.74 Å². The van der Waals surface area contributed by atoms with Gasteiger partial charge < -0.3 is 24.5 Å². The highest BCUT2D eigenvalue weighted by atomic mass is 79.9. The Balaban J connectivity index is 1.42. The van der Waals surface area contributed by atoms with Crippen molar-refractivity contribution in [3.05, 3.63) is 98.1 Å². The number of rotatable bonds is 10. The van der Waals surface area contributed by atoms with E-state index in [9.17, 15) is 19.5 Å². The van der Waals surface area contributed by atoms with Crippen LogP contribution in [0.1, 0.15) is 6.42 Å².